The standard InChI is InChI=1S/C23H22F3N3O5/c1-32-19-8-6-15(12-20(19)33-2)18-7-9-22(31)29(28-18)14-21(30)27-10-11-34-17-5-3-4-16(13-17)23(24,25)26/h3-9,12-13H,10-11,14H2,1-2H3,(H,27,30). The third-order valence-corrected chi connectivity index (χ3v) is 4.69. The third-order valence-electron chi connectivity index (χ3n) is 4.69. The predicted molar refractivity (Wildman–Crippen MR) is 117 cm³/mol. The molecule has 0 fully saturated rings. The molecule has 1 heterocycles. The number of rotatable bonds is 9. The van der Waals surface area contributed by atoms with Crippen LogP contribution in [0, 0.1) is 0 Å². The number of carbonyl (C=O) groups excluding carboxylic acids is 1. The van der Waals surface area contributed by atoms with E-state index in [-0.39, 0.29) is 25.4 Å². The van der Waals surface area contributed by atoms with E-state index in [1.807, 2.05) is 0 Å². The van der Waals surface area contributed by atoms with Crippen LogP contribution in [0.3, 0.4) is 0 Å². The molecule has 8 nitrogen and oxygen atoms in total. The number of nitrogens with zero attached hydrogens (tertiary/aromatic N) is 2. The maximum Gasteiger partial charge on any atom is 0.416 e. The van der Waals surface area contributed by atoms with Crippen molar-refractivity contribution >= 4 is 5.91 Å². The van der Waals surface area contributed by atoms with Crippen molar-refractivity contribution in [3.8, 4) is 28.5 Å². The molecule has 0 atom stereocenters. The van der Waals surface area contributed by atoms with Gasteiger partial charge in [0.15, 0.2) is 11.5 Å². The van der Waals surface area contributed by atoms with Crippen LogP contribution in [0.4, 0.5) is 13.2 Å². The molecular formula is C23H22F3N3O5. The van der Waals surface area contributed by atoms with Crippen LogP contribution in [0.1, 0.15) is 5.56 Å². The lowest BCUT2D eigenvalue weighted by atomic mass is 10.1. The average molecular weight is 477 g/mol. The van der Waals surface area contributed by atoms with Crippen molar-refractivity contribution in [2.24, 2.45) is 0 Å². The summed E-state index contributed by atoms with van der Waals surface area (Å²) in [5, 5.41) is 6.77. The van der Waals surface area contributed by atoms with Crippen molar-refractivity contribution in [3.05, 3.63) is 70.5 Å². The Balaban J connectivity index is 1.59. The Morgan fingerprint density at radius 3 is 2.50 bits per heavy atom. The van der Waals surface area contributed by atoms with E-state index in [2.05, 4.69) is 10.4 Å². The number of ether oxygens (including phenoxy) is 3. The highest BCUT2D eigenvalue weighted by Gasteiger charge is 2.30. The maximum absolute atomic E-state index is 12.8. The van der Waals surface area contributed by atoms with Crippen molar-refractivity contribution < 1.29 is 32.2 Å². The fourth-order valence-corrected chi connectivity index (χ4v) is 3.03. The van der Waals surface area contributed by atoms with E-state index in [1.165, 1.54) is 38.5 Å². The van der Waals surface area contributed by atoms with Gasteiger partial charge in [0.1, 0.15) is 18.9 Å². The molecule has 1 N–H and O–H groups in total. The van der Waals surface area contributed by atoms with Crippen molar-refractivity contribution in [2.75, 3.05) is 27.4 Å². The molecule has 0 unspecified atom stereocenters. The first kappa shape index (κ1) is 24.6. The Labute approximate surface area is 192 Å². The minimum Gasteiger partial charge on any atom is -0.493 e. The van der Waals surface area contributed by atoms with E-state index in [0.717, 1.165) is 16.8 Å². The summed E-state index contributed by atoms with van der Waals surface area (Å²) in [7, 11) is 3.01. The number of halogens is 3. The molecule has 1 aromatic heterocycles. The van der Waals surface area contributed by atoms with Gasteiger partial charge in [0.05, 0.1) is 32.0 Å². The Morgan fingerprint density at radius 2 is 1.79 bits per heavy atom. The summed E-state index contributed by atoms with van der Waals surface area (Å²) in [4.78, 5) is 24.4. The van der Waals surface area contributed by atoms with E-state index in [0.29, 0.717) is 22.8 Å². The molecule has 1 amide bonds. The predicted octanol–water partition coefficient (Wildman–Crippen LogP) is 3.14. The molecule has 0 aliphatic heterocycles. The number of hydrogen-bond acceptors (Lipinski definition) is 6. The topological polar surface area (TPSA) is 91.7 Å². The van der Waals surface area contributed by atoms with Gasteiger partial charge in [0.25, 0.3) is 5.56 Å². The molecule has 34 heavy (non-hydrogen) atoms. The first-order valence-electron chi connectivity index (χ1n) is 10.1. The van der Waals surface area contributed by atoms with Gasteiger partial charge in [0.2, 0.25) is 5.91 Å². The van der Waals surface area contributed by atoms with Crippen LogP contribution in [0.2, 0.25) is 0 Å². The normalized spacial score (nSPS) is 11.1. The molecule has 0 aliphatic carbocycles. The Bertz CT molecular complexity index is 1210. The first-order chi connectivity index (χ1) is 16.2. The lowest BCUT2D eigenvalue weighted by Crippen LogP contribution is -2.35. The number of carbonyl (C=O) groups is 1. The Hall–Kier alpha value is -4.02. The first-order valence-corrected chi connectivity index (χ1v) is 10.1. The fraction of sp³-hybridized carbons (Fsp3) is 0.261. The number of aromatic nitrogens is 2. The van der Waals surface area contributed by atoms with E-state index in [4.69, 9.17) is 14.2 Å². The zero-order chi connectivity index (χ0) is 24.7. The lowest BCUT2D eigenvalue weighted by Gasteiger charge is -2.12. The van der Waals surface area contributed by atoms with Gasteiger partial charge in [-0.25, -0.2) is 4.68 Å². The van der Waals surface area contributed by atoms with Gasteiger partial charge in [-0.1, -0.05) is 6.07 Å². The number of hydrogen-bond donors (Lipinski definition) is 1. The number of methoxy groups -OCH3 is 2. The largest absolute Gasteiger partial charge is 0.493 e. The number of benzene rings is 2. The van der Waals surface area contributed by atoms with Crippen LogP contribution >= 0.6 is 0 Å². The quantitative estimate of drug-likeness (QED) is 0.476. The monoisotopic (exact) mass is 477 g/mol. The number of alkyl halides is 3. The summed E-state index contributed by atoms with van der Waals surface area (Å²) in [5.74, 6) is 0.542. The van der Waals surface area contributed by atoms with Crippen molar-refractivity contribution in [2.45, 2.75) is 12.7 Å². The van der Waals surface area contributed by atoms with E-state index in [9.17, 15) is 22.8 Å². The van der Waals surface area contributed by atoms with Gasteiger partial charge in [-0.05, 0) is 42.5 Å². The highest BCUT2D eigenvalue weighted by Crippen LogP contribution is 2.32. The highest BCUT2D eigenvalue weighted by atomic mass is 19.4. The molecule has 3 rings (SSSR count). The van der Waals surface area contributed by atoms with Crippen LogP contribution in [0.15, 0.2) is 59.4 Å². The second kappa shape index (κ2) is 10.7. The van der Waals surface area contributed by atoms with Crippen LogP contribution in [-0.4, -0.2) is 43.1 Å². The Morgan fingerprint density at radius 1 is 1.03 bits per heavy atom. The Kier molecular flexibility index (Phi) is 7.77. The summed E-state index contributed by atoms with van der Waals surface area (Å²) in [6.07, 6.45) is -4.47. The summed E-state index contributed by atoms with van der Waals surface area (Å²) in [5.41, 5.74) is -0.198. The van der Waals surface area contributed by atoms with Gasteiger partial charge in [-0.3, -0.25) is 9.59 Å². The minimum absolute atomic E-state index is 0.0270. The van der Waals surface area contributed by atoms with Gasteiger partial charge >= 0.3 is 6.18 Å². The molecule has 180 valence electrons. The second-order valence-corrected chi connectivity index (χ2v) is 7.01. The average Bonchev–Trinajstić information content (AvgIpc) is 2.82. The van der Waals surface area contributed by atoms with Gasteiger partial charge in [-0.2, -0.15) is 18.3 Å². The van der Waals surface area contributed by atoms with Crippen LogP contribution in [-0.2, 0) is 17.5 Å². The molecule has 3 aromatic rings. The van der Waals surface area contributed by atoms with Crippen molar-refractivity contribution in [3.63, 3.8) is 0 Å². The third kappa shape index (κ3) is 6.27. The van der Waals surface area contributed by atoms with Crippen molar-refractivity contribution in [1.29, 1.82) is 0 Å². The van der Waals surface area contributed by atoms with Gasteiger partial charge in [-0.15, -0.1) is 0 Å². The van der Waals surface area contributed by atoms with Crippen molar-refractivity contribution in [1.82, 2.24) is 15.1 Å². The minimum atomic E-state index is -4.47. The molecule has 0 radical (unpaired) electrons. The number of amides is 1. The molecule has 0 saturated carbocycles. The molecule has 0 bridgehead atoms. The zero-order valence-electron chi connectivity index (χ0n) is 18.4. The molecule has 11 heteroatoms. The summed E-state index contributed by atoms with van der Waals surface area (Å²) < 4.78 is 55.0. The van der Waals surface area contributed by atoms with Gasteiger partial charge < -0.3 is 19.5 Å². The molecule has 0 aliphatic rings. The zero-order valence-corrected chi connectivity index (χ0v) is 18.4. The summed E-state index contributed by atoms with van der Waals surface area (Å²) in [6.45, 7) is -0.371. The molecule has 2 aromatic carbocycles. The maximum atomic E-state index is 12.8. The number of nitrogens with one attached hydrogen (secondary N) is 1. The van der Waals surface area contributed by atoms with E-state index >= 15 is 0 Å². The smallest absolute Gasteiger partial charge is 0.416 e. The van der Waals surface area contributed by atoms with Crippen LogP contribution in [0.25, 0.3) is 11.3 Å². The van der Waals surface area contributed by atoms with Crippen LogP contribution in [0.5, 0.6) is 17.2 Å². The van der Waals surface area contributed by atoms with E-state index in [1.54, 1.807) is 18.2 Å². The van der Waals surface area contributed by atoms with Crippen LogP contribution < -0.4 is 25.1 Å². The SMILES string of the molecule is COc1ccc(-c2ccc(=O)n(CC(=O)NCCOc3cccc(C(F)(F)F)c3)n2)cc1OC. The van der Waals surface area contributed by atoms with Gasteiger partial charge in [0, 0.05) is 11.6 Å². The molecular weight excluding hydrogens is 455 g/mol. The second-order valence-electron chi connectivity index (χ2n) is 7.01. The van der Waals surface area contributed by atoms with E-state index < -0.39 is 23.2 Å². The lowest BCUT2D eigenvalue weighted by molar-refractivity contribution is -0.137. The summed E-state index contributed by atoms with van der Waals surface area (Å²) >= 11 is 0. The molecule has 0 saturated heterocycles. The summed E-state index contributed by atoms with van der Waals surface area (Å²) in [6, 6.07) is 12.4. The molecule has 0 spiro atoms. The fourth-order valence-electron chi connectivity index (χ4n) is 3.03. The highest BCUT2D eigenvalue weighted by molar-refractivity contribution is 5.75.